The van der Waals surface area contributed by atoms with Crippen molar-refractivity contribution in [2.24, 2.45) is 0 Å². The maximum absolute atomic E-state index is 6.23. The van der Waals surface area contributed by atoms with Gasteiger partial charge in [0.25, 0.3) is 0 Å². The lowest BCUT2D eigenvalue weighted by molar-refractivity contribution is 0.669. The monoisotopic (exact) mass is 762 g/mol. The van der Waals surface area contributed by atoms with Crippen LogP contribution in [0.15, 0.2) is 223 Å². The van der Waals surface area contributed by atoms with Gasteiger partial charge in [0, 0.05) is 10.8 Å². The molecule has 11 aromatic carbocycles. The van der Waals surface area contributed by atoms with Gasteiger partial charge in [0.15, 0.2) is 0 Å². The van der Waals surface area contributed by atoms with E-state index in [-0.39, 0.29) is 0 Å². The van der Waals surface area contributed by atoms with Gasteiger partial charge < -0.3 is 4.42 Å². The molecule has 0 aliphatic carbocycles. The van der Waals surface area contributed by atoms with E-state index in [4.69, 9.17) is 4.42 Å². The van der Waals surface area contributed by atoms with Gasteiger partial charge in [-0.25, -0.2) is 0 Å². The molecule has 0 spiro atoms. The summed E-state index contributed by atoms with van der Waals surface area (Å²) in [6.45, 7) is 0. The first kappa shape index (κ1) is 34.3. The first-order valence-corrected chi connectivity index (χ1v) is 20.8. The Morgan fingerprint density at radius 2 is 0.750 bits per heavy atom. The molecule has 0 unspecified atom stereocenters. The van der Waals surface area contributed by atoms with Crippen molar-refractivity contribution in [2.75, 3.05) is 0 Å². The van der Waals surface area contributed by atoms with E-state index < -0.39 is 0 Å². The summed E-state index contributed by atoms with van der Waals surface area (Å²) in [6.07, 6.45) is 0.819. The molecule has 0 aliphatic rings. The highest BCUT2D eigenvalue weighted by molar-refractivity contribution is 6.16. The molecule has 0 aliphatic heterocycles. The fourth-order valence-electron chi connectivity index (χ4n) is 9.63. The molecule has 0 radical (unpaired) electrons. The fraction of sp³-hybridized carbons (Fsp3) is 0.0169. The zero-order valence-corrected chi connectivity index (χ0v) is 32.9. The third-order valence-corrected chi connectivity index (χ3v) is 12.6. The van der Waals surface area contributed by atoms with Crippen LogP contribution in [0, 0.1) is 0 Å². The minimum atomic E-state index is 0.819. The normalized spacial score (nSPS) is 11.7. The Bertz CT molecular complexity index is 3600. The summed E-state index contributed by atoms with van der Waals surface area (Å²) < 4.78 is 6.23. The molecule has 12 aromatic rings. The zero-order valence-electron chi connectivity index (χ0n) is 32.9. The van der Waals surface area contributed by atoms with Gasteiger partial charge in [0.1, 0.15) is 11.2 Å². The number of furan rings is 1. The molecule has 0 N–H and O–H groups in total. The van der Waals surface area contributed by atoms with Gasteiger partial charge in [0.05, 0.1) is 0 Å². The lowest BCUT2D eigenvalue weighted by Crippen LogP contribution is -1.96. The number of fused-ring (bicyclic) bond motifs is 7. The average Bonchev–Trinajstić information content (AvgIpc) is 3.69. The van der Waals surface area contributed by atoms with Crippen molar-refractivity contribution in [1.29, 1.82) is 0 Å². The number of hydrogen-bond donors (Lipinski definition) is 0. The molecule has 1 heteroatoms. The first-order valence-electron chi connectivity index (χ1n) is 20.8. The molecule has 1 nitrogen and oxygen atoms in total. The second-order valence-electron chi connectivity index (χ2n) is 16.0. The van der Waals surface area contributed by atoms with E-state index in [2.05, 4.69) is 206 Å². The molecule has 0 atom stereocenters. The molecular weight excluding hydrogens is 725 g/mol. The van der Waals surface area contributed by atoms with Gasteiger partial charge in [-0.05, 0) is 129 Å². The van der Waals surface area contributed by atoms with Crippen LogP contribution in [0.4, 0.5) is 0 Å². The van der Waals surface area contributed by atoms with Crippen molar-refractivity contribution in [2.45, 2.75) is 6.42 Å². The Morgan fingerprint density at radius 1 is 0.283 bits per heavy atom. The summed E-state index contributed by atoms with van der Waals surface area (Å²) in [5.41, 5.74) is 14.3. The molecule has 0 amide bonds. The summed E-state index contributed by atoms with van der Waals surface area (Å²) in [5.74, 6) is 0. The Balaban J connectivity index is 1.03. The van der Waals surface area contributed by atoms with Crippen LogP contribution in [0.3, 0.4) is 0 Å². The van der Waals surface area contributed by atoms with E-state index in [0.717, 1.165) is 28.4 Å². The third kappa shape index (κ3) is 5.70. The number of hydrogen-bond acceptors (Lipinski definition) is 1. The van der Waals surface area contributed by atoms with Gasteiger partial charge in [-0.1, -0.05) is 194 Å². The van der Waals surface area contributed by atoms with Gasteiger partial charge in [0.2, 0.25) is 0 Å². The number of para-hydroxylation sites is 1. The van der Waals surface area contributed by atoms with Crippen molar-refractivity contribution in [3.05, 3.63) is 230 Å². The zero-order chi connectivity index (χ0) is 39.6. The van der Waals surface area contributed by atoms with Crippen LogP contribution in [0.5, 0.6) is 0 Å². The third-order valence-electron chi connectivity index (χ3n) is 12.6. The Labute approximate surface area is 348 Å². The molecule has 1 aromatic heterocycles. The van der Waals surface area contributed by atoms with Crippen LogP contribution in [-0.4, -0.2) is 0 Å². The topological polar surface area (TPSA) is 13.1 Å². The smallest absolute Gasteiger partial charge is 0.135 e. The van der Waals surface area contributed by atoms with Crippen molar-refractivity contribution >= 4 is 65.0 Å². The van der Waals surface area contributed by atoms with E-state index in [9.17, 15) is 0 Å². The van der Waals surface area contributed by atoms with Gasteiger partial charge in [-0.2, -0.15) is 0 Å². The van der Waals surface area contributed by atoms with Crippen molar-refractivity contribution in [1.82, 2.24) is 0 Å². The van der Waals surface area contributed by atoms with Gasteiger partial charge in [-0.3, -0.25) is 0 Å². The summed E-state index contributed by atoms with van der Waals surface area (Å²) >= 11 is 0. The number of rotatable bonds is 6. The lowest BCUT2D eigenvalue weighted by atomic mass is 9.84. The average molecular weight is 763 g/mol. The second kappa shape index (κ2) is 14.0. The summed E-state index contributed by atoms with van der Waals surface area (Å²) in [4.78, 5) is 0. The van der Waals surface area contributed by atoms with Crippen LogP contribution in [0.2, 0.25) is 0 Å². The minimum Gasteiger partial charge on any atom is -0.456 e. The highest BCUT2D eigenvalue weighted by atomic mass is 16.3. The van der Waals surface area contributed by atoms with Crippen LogP contribution in [-0.2, 0) is 6.42 Å². The Kier molecular flexibility index (Phi) is 7.99. The molecule has 0 bridgehead atoms. The van der Waals surface area contributed by atoms with E-state index in [1.54, 1.807) is 0 Å². The SMILES string of the molecule is c1ccc2c(-c3ccc(Cc4c5ccccc5c(-c5ccc(-c6cccc7ccccc67)cc5)c5cc(-c6ccc7oc8ccccc8c7c6)ccc45)cc3)cccc2c1. The van der Waals surface area contributed by atoms with Crippen molar-refractivity contribution in [3.8, 4) is 44.5 Å². The van der Waals surface area contributed by atoms with E-state index in [0.29, 0.717) is 0 Å². The number of benzene rings is 11. The second-order valence-corrected chi connectivity index (χ2v) is 16.0. The highest BCUT2D eigenvalue weighted by Crippen LogP contribution is 2.43. The Morgan fingerprint density at radius 3 is 1.43 bits per heavy atom. The molecule has 0 fully saturated rings. The summed E-state index contributed by atoms with van der Waals surface area (Å²) in [6, 6.07) is 79.9. The molecule has 12 rings (SSSR count). The lowest BCUT2D eigenvalue weighted by Gasteiger charge is -2.19. The predicted molar refractivity (Wildman–Crippen MR) is 255 cm³/mol. The van der Waals surface area contributed by atoms with Crippen molar-refractivity contribution in [3.63, 3.8) is 0 Å². The molecule has 280 valence electrons. The maximum Gasteiger partial charge on any atom is 0.135 e. The molecule has 0 saturated carbocycles. The molecular formula is C59H38O. The minimum absolute atomic E-state index is 0.819. The van der Waals surface area contributed by atoms with Crippen LogP contribution in [0.1, 0.15) is 11.1 Å². The van der Waals surface area contributed by atoms with E-state index in [1.807, 2.05) is 12.1 Å². The van der Waals surface area contributed by atoms with Crippen LogP contribution in [0.25, 0.3) is 110 Å². The van der Waals surface area contributed by atoms with Crippen molar-refractivity contribution < 1.29 is 4.42 Å². The first-order chi connectivity index (χ1) is 29.7. The largest absolute Gasteiger partial charge is 0.456 e. The molecule has 60 heavy (non-hydrogen) atoms. The maximum atomic E-state index is 6.23. The predicted octanol–water partition coefficient (Wildman–Crippen LogP) is 16.5. The quantitative estimate of drug-likeness (QED) is 0.154. The van der Waals surface area contributed by atoms with E-state index in [1.165, 1.54) is 98.7 Å². The highest BCUT2D eigenvalue weighted by Gasteiger charge is 2.18. The Hall–Kier alpha value is -7.74. The van der Waals surface area contributed by atoms with Gasteiger partial charge >= 0.3 is 0 Å². The fourth-order valence-corrected chi connectivity index (χ4v) is 9.63. The molecule has 1 heterocycles. The van der Waals surface area contributed by atoms with Crippen LogP contribution < -0.4 is 0 Å². The standard InChI is InChI=1S/C59H38O/c1-3-15-46-39(11-1)13-9-20-48(46)41-25-23-38(24-26-41)35-54-50-17-5-6-19-53(50)59(43-29-27-42(28-30-43)49-21-10-14-40-12-2-4-16-47(40)49)56-37-44(31-33-51(54)56)45-32-34-58-55(36-45)52-18-7-8-22-57(52)60-58/h1-34,36-37H,35H2. The van der Waals surface area contributed by atoms with E-state index >= 15 is 0 Å². The molecule has 0 saturated heterocycles. The summed E-state index contributed by atoms with van der Waals surface area (Å²) in [5, 5.41) is 12.4. The van der Waals surface area contributed by atoms with Crippen LogP contribution >= 0.6 is 0 Å². The summed E-state index contributed by atoms with van der Waals surface area (Å²) in [7, 11) is 0. The van der Waals surface area contributed by atoms with Gasteiger partial charge in [-0.15, -0.1) is 0 Å².